The number of rotatable bonds is 2. The van der Waals surface area contributed by atoms with E-state index in [1.165, 1.54) is 11.1 Å². The third-order valence-electron chi connectivity index (χ3n) is 2.00. The van der Waals surface area contributed by atoms with Crippen molar-refractivity contribution in [1.29, 1.82) is 0 Å². The van der Waals surface area contributed by atoms with Crippen molar-refractivity contribution in [2.45, 2.75) is 0 Å². The van der Waals surface area contributed by atoms with E-state index in [4.69, 9.17) is 0 Å². The molecule has 0 amide bonds. The highest BCUT2D eigenvalue weighted by Crippen LogP contribution is 2.06. The van der Waals surface area contributed by atoms with E-state index in [-0.39, 0.29) is 0 Å². The quantitative estimate of drug-likeness (QED) is 0.617. The molecule has 1 radical (unpaired) electrons. The zero-order valence-corrected chi connectivity index (χ0v) is 7.85. The summed E-state index contributed by atoms with van der Waals surface area (Å²) < 4.78 is 0. The van der Waals surface area contributed by atoms with E-state index in [1.54, 1.807) is 0 Å². The van der Waals surface area contributed by atoms with Crippen molar-refractivity contribution in [2.24, 2.45) is 0 Å². The van der Waals surface area contributed by atoms with Gasteiger partial charge >= 0.3 is 0 Å². The van der Waals surface area contributed by atoms with Gasteiger partial charge in [0.15, 0.2) is 0 Å². The normalized spacial score (nSPS) is 10.6. The molecule has 0 bridgehead atoms. The summed E-state index contributed by atoms with van der Waals surface area (Å²) in [7, 11) is 0. The lowest BCUT2D eigenvalue weighted by Crippen LogP contribution is -1.70. The van der Waals surface area contributed by atoms with Crippen molar-refractivity contribution in [3.05, 3.63) is 71.8 Å². The minimum atomic E-state index is 1.18. The smallest absolute Gasteiger partial charge is 0.0178 e. The number of benzene rings is 2. The fraction of sp³-hybridized carbons (Fsp3) is 0. The molecule has 0 aromatic heterocycles. The highest BCUT2D eigenvalue weighted by Gasteiger charge is 1.84. The van der Waals surface area contributed by atoms with E-state index in [1.807, 2.05) is 36.4 Å². The molecule has 0 heteroatoms. The Hall–Kier alpha value is -1.82. The molecular weight excluding hydrogens is 168 g/mol. The van der Waals surface area contributed by atoms with Crippen LogP contribution in [0.1, 0.15) is 11.1 Å². The van der Waals surface area contributed by atoms with Gasteiger partial charge in [-0.2, -0.15) is 0 Å². The van der Waals surface area contributed by atoms with Gasteiger partial charge in [0.25, 0.3) is 0 Å². The molecule has 0 heterocycles. The SMILES string of the molecule is [c]1cccc(C=Cc2ccccc2)c1. The maximum Gasteiger partial charge on any atom is -0.0178 e. The fourth-order valence-electron chi connectivity index (χ4n) is 1.27. The Morgan fingerprint density at radius 1 is 0.786 bits per heavy atom. The van der Waals surface area contributed by atoms with Crippen LogP contribution in [0, 0.1) is 6.07 Å². The second-order valence-corrected chi connectivity index (χ2v) is 3.08. The molecule has 2 rings (SSSR count). The lowest BCUT2D eigenvalue weighted by atomic mass is 10.1. The minimum Gasteiger partial charge on any atom is -0.0622 e. The fourth-order valence-corrected chi connectivity index (χ4v) is 1.27. The predicted molar refractivity (Wildman–Crippen MR) is 60.6 cm³/mol. The monoisotopic (exact) mass is 179 g/mol. The van der Waals surface area contributed by atoms with E-state index >= 15 is 0 Å². The number of hydrogen-bond acceptors (Lipinski definition) is 0. The Morgan fingerprint density at radius 2 is 1.50 bits per heavy atom. The molecule has 67 valence electrons. The van der Waals surface area contributed by atoms with E-state index in [0.29, 0.717) is 0 Å². The second-order valence-electron chi connectivity index (χ2n) is 3.08. The molecule has 0 aliphatic carbocycles. The molecule has 0 saturated carbocycles. The lowest BCUT2D eigenvalue weighted by Gasteiger charge is -1.92. The van der Waals surface area contributed by atoms with Crippen molar-refractivity contribution in [3.8, 4) is 0 Å². The molecule has 0 atom stereocenters. The van der Waals surface area contributed by atoms with Gasteiger partial charge in [-0.25, -0.2) is 0 Å². The van der Waals surface area contributed by atoms with Crippen LogP contribution >= 0.6 is 0 Å². The first-order chi connectivity index (χ1) is 6.95. The number of hydrogen-bond donors (Lipinski definition) is 0. The summed E-state index contributed by atoms with van der Waals surface area (Å²) in [6.45, 7) is 0. The molecule has 0 spiro atoms. The van der Waals surface area contributed by atoms with Crippen LogP contribution in [0.15, 0.2) is 54.6 Å². The molecule has 0 unspecified atom stereocenters. The van der Waals surface area contributed by atoms with Gasteiger partial charge in [-0.1, -0.05) is 60.7 Å². The zero-order valence-electron chi connectivity index (χ0n) is 7.85. The average Bonchev–Trinajstić information content (AvgIpc) is 2.29. The maximum absolute atomic E-state index is 3.05. The Labute approximate surface area is 84.5 Å². The van der Waals surface area contributed by atoms with Gasteiger partial charge in [0.1, 0.15) is 0 Å². The van der Waals surface area contributed by atoms with Crippen LogP contribution in [0.25, 0.3) is 12.2 Å². The van der Waals surface area contributed by atoms with Crippen molar-refractivity contribution in [1.82, 2.24) is 0 Å². The van der Waals surface area contributed by atoms with E-state index in [0.717, 1.165) is 0 Å². The largest absolute Gasteiger partial charge is 0.0622 e. The summed E-state index contributed by atoms with van der Waals surface area (Å²) >= 11 is 0. The summed E-state index contributed by atoms with van der Waals surface area (Å²) in [6.07, 6.45) is 4.19. The predicted octanol–water partition coefficient (Wildman–Crippen LogP) is 3.66. The highest BCUT2D eigenvalue weighted by atomic mass is 13.9. The molecule has 0 aliphatic rings. The average molecular weight is 179 g/mol. The van der Waals surface area contributed by atoms with Crippen LogP contribution in [0.4, 0.5) is 0 Å². The summed E-state index contributed by atoms with van der Waals surface area (Å²) in [5.74, 6) is 0. The summed E-state index contributed by atoms with van der Waals surface area (Å²) in [4.78, 5) is 0. The molecule has 14 heavy (non-hydrogen) atoms. The Kier molecular flexibility index (Phi) is 2.77. The third kappa shape index (κ3) is 2.33. The Bertz CT molecular complexity index is 357. The van der Waals surface area contributed by atoms with Crippen LogP contribution < -0.4 is 0 Å². The Balaban J connectivity index is 2.16. The van der Waals surface area contributed by atoms with Gasteiger partial charge in [-0.15, -0.1) is 0 Å². The first kappa shape index (κ1) is 8.76. The molecule has 0 nitrogen and oxygen atoms in total. The summed E-state index contributed by atoms with van der Waals surface area (Å²) in [5.41, 5.74) is 2.40. The molecule has 2 aromatic rings. The highest BCUT2D eigenvalue weighted by molar-refractivity contribution is 5.69. The Morgan fingerprint density at radius 3 is 2.21 bits per heavy atom. The van der Waals surface area contributed by atoms with E-state index in [9.17, 15) is 0 Å². The van der Waals surface area contributed by atoms with Crippen LogP contribution in [-0.4, -0.2) is 0 Å². The standard InChI is InChI=1S/C14H11/c1-3-7-13(8-4-1)11-12-14-9-5-2-6-10-14/h1-5,7-12H. The van der Waals surface area contributed by atoms with Crippen molar-refractivity contribution >= 4 is 12.2 Å². The zero-order chi connectivity index (χ0) is 9.64. The van der Waals surface area contributed by atoms with Crippen LogP contribution in [-0.2, 0) is 0 Å². The molecule has 0 N–H and O–H groups in total. The maximum atomic E-state index is 3.05. The molecule has 0 saturated heterocycles. The van der Waals surface area contributed by atoms with Crippen LogP contribution in [0.2, 0.25) is 0 Å². The van der Waals surface area contributed by atoms with Crippen LogP contribution in [0.3, 0.4) is 0 Å². The lowest BCUT2D eigenvalue weighted by molar-refractivity contribution is 1.64. The van der Waals surface area contributed by atoms with Gasteiger partial charge in [-0.3, -0.25) is 0 Å². The van der Waals surface area contributed by atoms with Gasteiger partial charge in [0.2, 0.25) is 0 Å². The third-order valence-corrected chi connectivity index (χ3v) is 2.00. The summed E-state index contributed by atoms with van der Waals surface area (Å²) in [6, 6.07) is 21.2. The van der Waals surface area contributed by atoms with Crippen molar-refractivity contribution in [3.63, 3.8) is 0 Å². The summed E-state index contributed by atoms with van der Waals surface area (Å²) in [5, 5.41) is 0. The van der Waals surface area contributed by atoms with Crippen molar-refractivity contribution in [2.75, 3.05) is 0 Å². The minimum absolute atomic E-state index is 1.18. The van der Waals surface area contributed by atoms with Gasteiger partial charge < -0.3 is 0 Å². The van der Waals surface area contributed by atoms with E-state index in [2.05, 4.69) is 36.4 Å². The molecule has 0 aliphatic heterocycles. The van der Waals surface area contributed by atoms with Crippen LogP contribution in [0.5, 0.6) is 0 Å². The molecule has 0 fully saturated rings. The van der Waals surface area contributed by atoms with Gasteiger partial charge in [0.05, 0.1) is 0 Å². The van der Waals surface area contributed by atoms with Gasteiger partial charge in [0, 0.05) is 0 Å². The van der Waals surface area contributed by atoms with E-state index < -0.39 is 0 Å². The van der Waals surface area contributed by atoms with Crippen molar-refractivity contribution < 1.29 is 0 Å². The first-order valence-electron chi connectivity index (χ1n) is 4.64. The molecule has 2 aromatic carbocycles. The second kappa shape index (κ2) is 4.43. The topological polar surface area (TPSA) is 0 Å². The molecular formula is C14H11. The van der Waals surface area contributed by atoms with Gasteiger partial charge in [-0.05, 0) is 23.3 Å². The first-order valence-corrected chi connectivity index (χ1v) is 4.64.